The van der Waals surface area contributed by atoms with Gasteiger partial charge in [0.05, 0.1) is 16.6 Å². The van der Waals surface area contributed by atoms with Crippen molar-refractivity contribution in [3.63, 3.8) is 0 Å². The maximum Gasteiger partial charge on any atom is 0.153 e. The van der Waals surface area contributed by atoms with Gasteiger partial charge in [-0.3, -0.25) is 4.79 Å². The molecule has 0 atom stereocenters. The normalized spacial score (nSPS) is 10.1. The summed E-state index contributed by atoms with van der Waals surface area (Å²) >= 11 is 7.28. The van der Waals surface area contributed by atoms with Crippen LogP contribution in [0.25, 0.3) is 10.4 Å². The van der Waals surface area contributed by atoms with Crippen LogP contribution < -0.4 is 0 Å². The van der Waals surface area contributed by atoms with E-state index < -0.39 is 0 Å². The number of carbonyl (C=O) groups excluding carboxylic acids is 1. The summed E-state index contributed by atoms with van der Waals surface area (Å²) in [6.07, 6.45) is 2.35. The van der Waals surface area contributed by atoms with Crippen LogP contribution in [0.5, 0.6) is 0 Å². The van der Waals surface area contributed by atoms with Crippen LogP contribution in [0.15, 0.2) is 30.5 Å². The topological polar surface area (TPSA) is 30.0 Å². The van der Waals surface area contributed by atoms with E-state index >= 15 is 0 Å². The molecule has 0 amide bonds. The van der Waals surface area contributed by atoms with Crippen LogP contribution in [-0.4, -0.2) is 10.7 Å². The van der Waals surface area contributed by atoms with E-state index in [1.54, 1.807) is 12.3 Å². The van der Waals surface area contributed by atoms with Crippen molar-refractivity contribution in [1.29, 1.82) is 0 Å². The van der Waals surface area contributed by atoms with Crippen LogP contribution in [0, 0.1) is 0 Å². The first-order valence-electron chi connectivity index (χ1n) is 3.97. The Labute approximate surface area is 90.3 Å². The third-order valence-electron chi connectivity index (χ3n) is 1.84. The van der Waals surface area contributed by atoms with E-state index in [4.69, 9.17) is 11.6 Å². The average Bonchev–Trinajstić information content (AvgIpc) is 2.66. The predicted octanol–water partition coefficient (Wildman–Crippen LogP) is 3.28. The summed E-state index contributed by atoms with van der Waals surface area (Å²) in [6, 6.07) is 7.41. The quantitative estimate of drug-likeness (QED) is 0.732. The zero-order valence-corrected chi connectivity index (χ0v) is 8.68. The number of halogens is 1. The Morgan fingerprint density at radius 2 is 2.14 bits per heavy atom. The van der Waals surface area contributed by atoms with Gasteiger partial charge in [0.2, 0.25) is 0 Å². The number of hydrogen-bond donors (Lipinski definition) is 0. The SMILES string of the molecule is O=Cc1cnsc1-c1ccccc1Cl. The van der Waals surface area contributed by atoms with E-state index in [0.717, 1.165) is 16.7 Å². The Balaban J connectivity index is 2.60. The number of aromatic nitrogens is 1. The van der Waals surface area contributed by atoms with Crippen LogP contribution in [0.4, 0.5) is 0 Å². The molecule has 1 heterocycles. The monoisotopic (exact) mass is 223 g/mol. The molecular weight excluding hydrogens is 218 g/mol. The van der Waals surface area contributed by atoms with E-state index in [1.807, 2.05) is 18.2 Å². The maximum absolute atomic E-state index is 10.7. The summed E-state index contributed by atoms with van der Waals surface area (Å²) in [4.78, 5) is 11.5. The highest BCUT2D eigenvalue weighted by Gasteiger charge is 2.09. The molecular formula is C10H6ClNOS. The molecule has 4 heteroatoms. The summed E-state index contributed by atoms with van der Waals surface area (Å²) in [6.45, 7) is 0. The lowest BCUT2D eigenvalue weighted by molar-refractivity contribution is 0.112. The first-order valence-corrected chi connectivity index (χ1v) is 5.13. The van der Waals surface area contributed by atoms with Gasteiger partial charge in [0.1, 0.15) is 0 Å². The Hall–Kier alpha value is -1.19. The molecule has 70 valence electrons. The molecule has 0 saturated heterocycles. The molecule has 0 fully saturated rings. The Morgan fingerprint density at radius 3 is 2.86 bits per heavy atom. The molecule has 0 unspecified atom stereocenters. The number of rotatable bonds is 2. The molecule has 0 aliphatic carbocycles. The minimum atomic E-state index is 0.586. The summed E-state index contributed by atoms with van der Waals surface area (Å²) in [5.74, 6) is 0. The number of hydrogen-bond acceptors (Lipinski definition) is 3. The highest BCUT2D eigenvalue weighted by Crippen LogP contribution is 2.32. The zero-order valence-electron chi connectivity index (χ0n) is 7.11. The van der Waals surface area contributed by atoms with Gasteiger partial charge in [0.15, 0.2) is 6.29 Å². The van der Waals surface area contributed by atoms with E-state index in [-0.39, 0.29) is 0 Å². The zero-order chi connectivity index (χ0) is 9.97. The standard InChI is InChI=1S/C10H6ClNOS/c11-9-4-2-1-3-8(9)10-7(6-13)5-12-14-10/h1-6H. The minimum absolute atomic E-state index is 0.586. The van der Waals surface area contributed by atoms with Crippen molar-refractivity contribution < 1.29 is 4.79 Å². The van der Waals surface area contributed by atoms with Crippen molar-refractivity contribution in [1.82, 2.24) is 4.37 Å². The lowest BCUT2D eigenvalue weighted by atomic mass is 10.1. The lowest BCUT2D eigenvalue weighted by Crippen LogP contribution is -1.80. The maximum atomic E-state index is 10.7. The van der Waals surface area contributed by atoms with Crippen molar-refractivity contribution in [3.05, 3.63) is 41.0 Å². The molecule has 2 rings (SSSR count). The van der Waals surface area contributed by atoms with Crippen molar-refractivity contribution >= 4 is 29.4 Å². The molecule has 2 nitrogen and oxygen atoms in total. The van der Waals surface area contributed by atoms with Gasteiger partial charge in [0.25, 0.3) is 0 Å². The summed E-state index contributed by atoms with van der Waals surface area (Å²) in [5, 5.41) is 0.639. The van der Waals surface area contributed by atoms with Gasteiger partial charge in [-0.2, -0.15) is 4.37 Å². The van der Waals surface area contributed by atoms with Crippen molar-refractivity contribution in [2.45, 2.75) is 0 Å². The number of benzene rings is 1. The second-order valence-corrected chi connectivity index (χ2v) is 3.92. The van der Waals surface area contributed by atoms with Gasteiger partial charge < -0.3 is 0 Å². The Bertz CT molecular complexity index is 467. The van der Waals surface area contributed by atoms with E-state index in [2.05, 4.69) is 4.37 Å². The second kappa shape index (κ2) is 3.90. The Kier molecular flexibility index (Phi) is 2.61. The van der Waals surface area contributed by atoms with Crippen LogP contribution in [-0.2, 0) is 0 Å². The third-order valence-corrected chi connectivity index (χ3v) is 3.02. The summed E-state index contributed by atoms with van der Waals surface area (Å²) in [7, 11) is 0. The average molecular weight is 224 g/mol. The first kappa shape index (κ1) is 9.37. The number of nitrogens with zero attached hydrogens (tertiary/aromatic N) is 1. The van der Waals surface area contributed by atoms with Crippen LogP contribution >= 0.6 is 23.1 Å². The molecule has 0 aliphatic rings. The van der Waals surface area contributed by atoms with Crippen molar-refractivity contribution in [2.24, 2.45) is 0 Å². The first-order chi connectivity index (χ1) is 6.83. The van der Waals surface area contributed by atoms with Crippen LogP contribution in [0.1, 0.15) is 10.4 Å². The smallest absolute Gasteiger partial charge is 0.153 e. The lowest BCUT2D eigenvalue weighted by Gasteiger charge is -2.00. The van der Waals surface area contributed by atoms with Gasteiger partial charge in [-0.15, -0.1) is 0 Å². The summed E-state index contributed by atoms with van der Waals surface area (Å²) < 4.78 is 3.96. The fourth-order valence-corrected chi connectivity index (χ4v) is 2.22. The van der Waals surface area contributed by atoms with Gasteiger partial charge >= 0.3 is 0 Å². The van der Waals surface area contributed by atoms with Gasteiger partial charge in [0, 0.05) is 10.6 Å². The van der Waals surface area contributed by atoms with Gasteiger partial charge in [-0.1, -0.05) is 29.8 Å². The molecule has 1 aromatic carbocycles. The molecule has 0 N–H and O–H groups in total. The largest absolute Gasteiger partial charge is 0.298 e. The summed E-state index contributed by atoms with van der Waals surface area (Å²) in [5.41, 5.74) is 1.45. The molecule has 0 spiro atoms. The van der Waals surface area contributed by atoms with E-state index in [9.17, 15) is 4.79 Å². The Morgan fingerprint density at radius 1 is 1.36 bits per heavy atom. The fraction of sp³-hybridized carbons (Fsp3) is 0. The molecule has 14 heavy (non-hydrogen) atoms. The van der Waals surface area contributed by atoms with Gasteiger partial charge in [-0.05, 0) is 17.6 Å². The van der Waals surface area contributed by atoms with E-state index in [1.165, 1.54) is 11.5 Å². The molecule has 0 aliphatic heterocycles. The highest BCUT2D eigenvalue weighted by atomic mass is 35.5. The third kappa shape index (κ3) is 1.56. The number of carbonyl (C=O) groups is 1. The van der Waals surface area contributed by atoms with Crippen LogP contribution in [0.3, 0.4) is 0 Å². The van der Waals surface area contributed by atoms with Crippen molar-refractivity contribution in [3.8, 4) is 10.4 Å². The molecule has 2 aromatic rings. The molecule has 0 saturated carbocycles. The number of aldehydes is 1. The molecule has 0 radical (unpaired) electrons. The van der Waals surface area contributed by atoms with Crippen LogP contribution in [0.2, 0.25) is 5.02 Å². The molecule has 1 aromatic heterocycles. The van der Waals surface area contributed by atoms with E-state index in [0.29, 0.717) is 10.6 Å². The highest BCUT2D eigenvalue weighted by molar-refractivity contribution is 7.10. The fourth-order valence-electron chi connectivity index (χ4n) is 1.18. The predicted molar refractivity (Wildman–Crippen MR) is 57.9 cm³/mol. The minimum Gasteiger partial charge on any atom is -0.298 e. The molecule has 0 bridgehead atoms. The van der Waals surface area contributed by atoms with Crippen molar-refractivity contribution in [2.75, 3.05) is 0 Å². The second-order valence-electron chi connectivity index (χ2n) is 2.71. The van der Waals surface area contributed by atoms with Gasteiger partial charge in [-0.25, -0.2) is 0 Å².